The SMILES string of the molecule is COC(=O)c1ccc(OC(=O)CCc2ccc(C(C)C)cc2)cc1. The van der Waals surface area contributed by atoms with Gasteiger partial charge in [-0.2, -0.15) is 0 Å². The van der Waals surface area contributed by atoms with Gasteiger partial charge in [0.15, 0.2) is 0 Å². The van der Waals surface area contributed by atoms with Crippen molar-refractivity contribution in [3.05, 3.63) is 65.2 Å². The van der Waals surface area contributed by atoms with Gasteiger partial charge in [0, 0.05) is 6.42 Å². The summed E-state index contributed by atoms with van der Waals surface area (Å²) in [5.74, 6) is 0.200. The number of ether oxygens (including phenoxy) is 2. The van der Waals surface area contributed by atoms with E-state index >= 15 is 0 Å². The lowest BCUT2D eigenvalue weighted by atomic mass is 10.0. The maximum absolute atomic E-state index is 11.9. The Kier molecular flexibility index (Phi) is 6.13. The second-order valence-corrected chi connectivity index (χ2v) is 5.89. The van der Waals surface area contributed by atoms with E-state index in [0.717, 1.165) is 5.56 Å². The lowest BCUT2D eigenvalue weighted by molar-refractivity contribution is -0.134. The highest BCUT2D eigenvalue weighted by Crippen LogP contribution is 2.17. The molecule has 0 amide bonds. The van der Waals surface area contributed by atoms with Crippen molar-refractivity contribution in [2.24, 2.45) is 0 Å². The van der Waals surface area contributed by atoms with Crippen LogP contribution in [-0.4, -0.2) is 19.0 Å². The lowest BCUT2D eigenvalue weighted by Crippen LogP contribution is -2.09. The van der Waals surface area contributed by atoms with Crippen LogP contribution in [0.4, 0.5) is 0 Å². The van der Waals surface area contributed by atoms with Crippen LogP contribution in [0.15, 0.2) is 48.5 Å². The Morgan fingerprint density at radius 2 is 1.58 bits per heavy atom. The van der Waals surface area contributed by atoms with Gasteiger partial charge >= 0.3 is 11.9 Å². The molecule has 0 heterocycles. The van der Waals surface area contributed by atoms with E-state index in [1.807, 2.05) is 12.1 Å². The Bertz CT molecular complexity index is 685. The minimum atomic E-state index is -0.419. The maximum atomic E-state index is 11.9. The summed E-state index contributed by atoms with van der Waals surface area (Å²) in [5.41, 5.74) is 2.81. The number of hydrogen-bond acceptors (Lipinski definition) is 4. The zero-order chi connectivity index (χ0) is 17.5. The van der Waals surface area contributed by atoms with E-state index in [-0.39, 0.29) is 5.97 Å². The number of carbonyl (C=O) groups is 2. The topological polar surface area (TPSA) is 52.6 Å². The molecule has 0 N–H and O–H groups in total. The van der Waals surface area contributed by atoms with Gasteiger partial charge in [0.1, 0.15) is 5.75 Å². The van der Waals surface area contributed by atoms with Crippen LogP contribution in [0, 0.1) is 0 Å². The molecule has 0 aliphatic carbocycles. The Morgan fingerprint density at radius 1 is 0.958 bits per heavy atom. The highest BCUT2D eigenvalue weighted by Gasteiger charge is 2.08. The van der Waals surface area contributed by atoms with Crippen molar-refractivity contribution >= 4 is 11.9 Å². The van der Waals surface area contributed by atoms with Crippen LogP contribution >= 0.6 is 0 Å². The molecule has 2 aromatic carbocycles. The zero-order valence-electron chi connectivity index (χ0n) is 14.2. The van der Waals surface area contributed by atoms with Gasteiger partial charge in [-0.25, -0.2) is 4.79 Å². The van der Waals surface area contributed by atoms with Gasteiger partial charge in [0.2, 0.25) is 0 Å². The summed E-state index contributed by atoms with van der Waals surface area (Å²) in [4.78, 5) is 23.3. The molecule has 0 bridgehead atoms. The molecule has 2 aromatic rings. The van der Waals surface area contributed by atoms with Crippen LogP contribution in [-0.2, 0) is 16.0 Å². The van der Waals surface area contributed by atoms with Crippen LogP contribution in [0.5, 0.6) is 5.75 Å². The number of benzene rings is 2. The molecule has 0 atom stereocenters. The average Bonchev–Trinajstić information content (AvgIpc) is 2.60. The molecule has 0 aliphatic rings. The van der Waals surface area contributed by atoms with Crippen molar-refractivity contribution in [2.45, 2.75) is 32.6 Å². The molecule has 2 rings (SSSR count). The van der Waals surface area contributed by atoms with Gasteiger partial charge in [-0.05, 0) is 47.7 Å². The molecule has 0 saturated heterocycles. The van der Waals surface area contributed by atoms with Gasteiger partial charge in [-0.3, -0.25) is 4.79 Å². The summed E-state index contributed by atoms with van der Waals surface area (Å²) in [5, 5.41) is 0. The minimum Gasteiger partial charge on any atom is -0.465 e. The van der Waals surface area contributed by atoms with Crippen molar-refractivity contribution < 1.29 is 19.1 Å². The summed E-state index contributed by atoms with van der Waals surface area (Å²) >= 11 is 0. The first-order valence-electron chi connectivity index (χ1n) is 7.97. The molecule has 0 aliphatic heterocycles. The molecular weight excluding hydrogens is 304 g/mol. The van der Waals surface area contributed by atoms with Gasteiger partial charge in [-0.1, -0.05) is 38.1 Å². The van der Waals surface area contributed by atoms with E-state index < -0.39 is 5.97 Å². The molecular formula is C20H22O4. The molecule has 0 aromatic heterocycles. The van der Waals surface area contributed by atoms with Crippen LogP contribution < -0.4 is 4.74 Å². The highest BCUT2D eigenvalue weighted by atomic mass is 16.5. The third-order valence-corrected chi connectivity index (χ3v) is 3.77. The molecule has 0 fully saturated rings. The maximum Gasteiger partial charge on any atom is 0.337 e. The number of carbonyl (C=O) groups excluding carboxylic acids is 2. The molecule has 126 valence electrons. The molecule has 0 radical (unpaired) electrons. The van der Waals surface area contributed by atoms with Crippen molar-refractivity contribution in [1.29, 1.82) is 0 Å². The van der Waals surface area contributed by atoms with Gasteiger partial charge in [-0.15, -0.1) is 0 Å². The quantitative estimate of drug-likeness (QED) is 0.591. The minimum absolute atomic E-state index is 0.297. The monoisotopic (exact) mass is 326 g/mol. The smallest absolute Gasteiger partial charge is 0.337 e. The van der Waals surface area contributed by atoms with Gasteiger partial charge < -0.3 is 9.47 Å². The molecule has 0 spiro atoms. The first-order valence-corrected chi connectivity index (χ1v) is 7.97. The fourth-order valence-corrected chi connectivity index (χ4v) is 2.27. The van der Waals surface area contributed by atoms with Crippen molar-refractivity contribution in [3.63, 3.8) is 0 Å². The third-order valence-electron chi connectivity index (χ3n) is 3.77. The van der Waals surface area contributed by atoms with E-state index in [9.17, 15) is 9.59 Å². The predicted octanol–water partition coefficient (Wildman–Crippen LogP) is 4.13. The van der Waals surface area contributed by atoms with Crippen LogP contribution in [0.25, 0.3) is 0 Å². The Balaban J connectivity index is 1.85. The van der Waals surface area contributed by atoms with Gasteiger partial charge in [0.05, 0.1) is 12.7 Å². The largest absolute Gasteiger partial charge is 0.465 e. The van der Waals surface area contributed by atoms with E-state index in [2.05, 4.69) is 30.7 Å². The molecule has 4 heteroatoms. The van der Waals surface area contributed by atoms with E-state index in [1.165, 1.54) is 12.7 Å². The molecule has 4 nitrogen and oxygen atoms in total. The first kappa shape index (κ1) is 17.7. The second kappa shape index (κ2) is 8.29. The zero-order valence-corrected chi connectivity index (χ0v) is 14.2. The van der Waals surface area contributed by atoms with Crippen molar-refractivity contribution in [1.82, 2.24) is 0 Å². The summed E-state index contributed by atoms with van der Waals surface area (Å²) < 4.78 is 9.90. The normalized spacial score (nSPS) is 10.5. The Morgan fingerprint density at radius 3 is 2.12 bits per heavy atom. The molecule has 24 heavy (non-hydrogen) atoms. The van der Waals surface area contributed by atoms with Crippen LogP contribution in [0.3, 0.4) is 0 Å². The fourth-order valence-electron chi connectivity index (χ4n) is 2.27. The average molecular weight is 326 g/mol. The number of esters is 2. The van der Waals surface area contributed by atoms with Crippen molar-refractivity contribution in [2.75, 3.05) is 7.11 Å². The Hall–Kier alpha value is -2.62. The van der Waals surface area contributed by atoms with Gasteiger partial charge in [0.25, 0.3) is 0 Å². The number of rotatable bonds is 6. The molecule has 0 saturated carbocycles. The number of methoxy groups -OCH3 is 1. The third kappa shape index (κ3) is 4.95. The van der Waals surface area contributed by atoms with E-state index in [1.54, 1.807) is 24.3 Å². The van der Waals surface area contributed by atoms with Crippen molar-refractivity contribution in [3.8, 4) is 5.75 Å². The predicted molar refractivity (Wildman–Crippen MR) is 92.3 cm³/mol. The number of hydrogen-bond donors (Lipinski definition) is 0. The van der Waals surface area contributed by atoms with Crippen LogP contribution in [0.1, 0.15) is 47.7 Å². The fraction of sp³-hybridized carbons (Fsp3) is 0.300. The number of aryl methyl sites for hydroxylation is 1. The summed E-state index contributed by atoms with van der Waals surface area (Å²) in [7, 11) is 1.32. The van der Waals surface area contributed by atoms with Crippen LogP contribution in [0.2, 0.25) is 0 Å². The summed E-state index contributed by atoms with van der Waals surface area (Å²) in [6.07, 6.45) is 0.942. The highest BCUT2D eigenvalue weighted by molar-refractivity contribution is 5.89. The van der Waals surface area contributed by atoms with E-state index in [4.69, 9.17) is 4.74 Å². The summed E-state index contributed by atoms with van der Waals surface area (Å²) in [6, 6.07) is 14.6. The molecule has 0 unspecified atom stereocenters. The van der Waals surface area contributed by atoms with E-state index in [0.29, 0.717) is 30.1 Å². The summed E-state index contributed by atoms with van der Waals surface area (Å²) in [6.45, 7) is 4.30. The lowest BCUT2D eigenvalue weighted by Gasteiger charge is -2.07. The standard InChI is InChI=1S/C20H22O4/c1-14(2)16-7-4-15(5-8-16)6-13-19(21)24-18-11-9-17(10-12-18)20(22)23-3/h4-5,7-12,14H,6,13H2,1-3H3. The Labute approximate surface area is 142 Å². The first-order chi connectivity index (χ1) is 11.5. The second-order valence-electron chi connectivity index (χ2n) is 5.89.